The molecule has 1 aromatic carbocycles. The van der Waals surface area contributed by atoms with Crippen molar-refractivity contribution in [3.63, 3.8) is 0 Å². The lowest BCUT2D eigenvalue weighted by Gasteiger charge is -2.33. The van der Waals surface area contributed by atoms with Crippen LogP contribution in [0, 0.1) is 10.7 Å². The van der Waals surface area contributed by atoms with Gasteiger partial charge in [0.2, 0.25) is 17.7 Å². The van der Waals surface area contributed by atoms with Crippen molar-refractivity contribution in [1.29, 1.82) is 0 Å². The van der Waals surface area contributed by atoms with Crippen LogP contribution in [-0.2, 0) is 14.4 Å². The average molecular weight is 749 g/mol. The molecule has 0 N–H and O–H groups in total. The van der Waals surface area contributed by atoms with Crippen molar-refractivity contribution in [3.05, 3.63) is 16.3 Å². The smallest absolute Gasteiger partial charge is 0.256 e. The van der Waals surface area contributed by atoms with Gasteiger partial charge in [-0.05, 0) is 93.5 Å². The largest absolute Gasteiger partial charge is 0.339 e. The van der Waals surface area contributed by atoms with Crippen LogP contribution < -0.4 is 9.80 Å². The van der Waals surface area contributed by atoms with Crippen LogP contribution in [0.5, 0.6) is 0 Å². The number of hydrogen-bond donors (Lipinski definition) is 0. The minimum absolute atomic E-state index is 0.115. The lowest BCUT2D eigenvalue weighted by Crippen LogP contribution is -2.42. The molecule has 0 aromatic heterocycles. The summed E-state index contributed by atoms with van der Waals surface area (Å²) in [5.74, 6) is -0.839. The number of nitrogens with zero attached hydrogens (tertiary/aromatic N) is 3. The van der Waals surface area contributed by atoms with Crippen LogP contribution in [0.2, 0.25) is 0 Å². The minimum atomic E-state index is -0.268. The van der Waals surface area contributed by atoms with E-state index in [0.29, 0.717) is 47.2 Å². The molecule has 0 saturated carbocycles. The average Bonchev–Trinajstić information content (AvgIpc) is 2.70. The number of benzene rings is 1. The third-order valence-corrected chi connectivity index (χ3v) is 8.56. The number of anilines is 2. The molecule has 2 aliphatic rings. The van der Waals surface area contributed by atoms with Gasteiger partial charge in [0.05, 0.1) is 27.6 Å². The molecule has 162 valence electrons. The highest BCUT2D eigenvalue weighted by Crippen LogP contribution is 2.43. The molecule has 2 saturated heterocycles. The molecule has 1 aromatic rings. The van der Waals surface area contributed by atoms with E-state index >= 15 is 0 Å². The number of likely N-dealkylation sites (tertiary alicyclic amines) is 1. The monoisotopic (exact) mass is 749 g/mol. The van der Waals surface area contributed by atoms with E-state index in [2.05, 4.69) is 67.8 Å². The van der Waals surface area contributed by atoms with Gasteiger partial charge in [0, 0.05) is 39.9 Å². The summed E-state index contributed by atoms with van der Waals surface area (Å²) in [6, 6.07) is 0. The summed E-state index contributed by atoms with van der Waals surface area (Å²) in [6.45, 7) is 2.82. The summed E-state index contributed by atoms with van der Waals surface area (Å²) in [5.41, 5.74) is 1.45. The van der Waals surface area contributed by atoms with Gasteiger partial charge < -0.3 is 9.80 Å². The van der Waals surface area contributed by atoms with Gasteiger partial charge in [0.1, 0.15) is 0 Å². The second kappa shape index (κ2) is 9.96. The van der Waals surface area contributed by atoms with Crippen LogP contribution in [0.15, 0.2) is 0 Å². The highest BCUT2D eigenvalue weighted by Gasteiger charge is 2.36. The zero-order chi connectivity index (χ0) is 22.2. The van der Waals surface area contributed by atoms with Crippen molar-refractivity contribution in [2.24, 2.45) is 0 Å². The number of piperidine rings is 2. The first-order chi connectivity index (χ1) is 14.2. The first kappa shape index (κ1) is 24.1. The van der Waals surface area contributed by atoms with Crippen LogP contribution >= 0.6 is 67.8 Å². The van der Waals surface area contributed by atoms with Crippen LogP contribution in [0.4, 0.5) is 11.4 Å². The highest BCUT2D eigenvalue weighted by atomic mass is 127. The predicted octanol–water partition coefficient (Wildman–Crippen LogP) is 4.15. The van der Waals surface area contributed by atoms with Crippen LogP contribution in [0.25, 0.3) is 0 Å². The number of carbonyl (C=O) groups excluding carboxylic acids is 4. The third kappa shape index (κ3) is 4.50. The molecule has 2 fully saturated rings. The first-order valence-electron chi connectivity index (χ1n) is 9.76. The topological polar surface area (TPSA) is 78.0 Å². The predicted molar refractivity (Wildman–Crippen MR) is 140 cm³/mol. The summed E-state index contributed by atoms with van der Waals surface area (Å²) < 4.78 is 1.87. The van der Waals surface area contributed by atoms with E-state index in [1.807, 2.05) is 4.90 Å². The Kier molecular flexibility index (Phi) is 8.02. The molecule has 0 bridgehead atoms. The maximum absolute atomic E-state index is 13.5. The summed E-state index contributed by atoms with van der Waals surface area (Å²) in [6.07, 6.45) is 4.13. The lowest BCUT2D eigenvalue weighted by atomic mass is 10.0. The van der Waals surface area contributed by atoms with Crippen molar-refractivity contribution in [1.82, 2.24) is 4.90 Å². The summed E-state index contributed by atoms with van der Waals surface area (Å²) >= 11 is 6.27. The summed E-state index contributed by atoms with van der Waals surface area (Å²) in [5, 5.41) is 0. The molecule has 3 rings (SSSR count). The van der Waals surface area contributed by atoms with Crippen molar-refractivity contribution < 1.29 is 19.2 Å². The molecule has 0 unspecified atom stereocenters. The molecule has 4 amide bonds. The van der Waals surface area contributed by atoms with Gasteiger partial charge in [0.15, 0.2) is 0 Å². The van der Waals surface area contributed by atoms with Gasteiger partial charge in [-0.15, -0.1) is 0 Å². The number of imide groups is 1. The van der Waals surface area contributed by atoms with E-state index in [9.17, 15) is 19.2 Å². The Morgan fingerprint density at radius 1 is 0.867 bits per heavy atom. The van der Waals surface area contributed by atoms with E-state index in [-0.39, 0.29) is 36.5 Å². The molecular weight excluding hydrogens is 727 g/mol. The lowest BCUT2D eigenvalue weighted by molar-refractivity contribution is -0.129. The van der Waals surface area contributed by atoms with Gasteiger partial charge in [-0.25, -0.2) is 4.90 Å². The maximum Gasteiger partial charge on any atom is 0.256 e. The molecule has 0 atom stereocenters. The highest BCUT2D eigenvalue weighted by molar-refractivity contribution is 14.1. The fourth-order valence-corrected chi connectivity index (χ4v) is 8.57. The Morgan fingerprint density at radius 2 is 1.43 bits per heavy atom. The van der Waals surface area contributed by atoms with Gasteiger partial charge in [-0.1, -0.05) is 0 Å². The van der Waals surface area contributed by atoms with Gasteiger partial charge in [0.25, 0.3) is 5.91 Å². The van der Waals surface area contributed by atoms with Crippen molar-refractivity contribution >= 4 is 103 Å². The fourth-order valence-electron chi connectivity index (χ4n) is 3.73. The van der Waals surface area contributed by atoms with Gasteiger partial charge >= 0.3 is 0 Å². The fraction of sp³-hybridized carbons (Fsp3) is 0.500. The Morgan fingerprint density at radius 3 is 1.97 bits per heavy atom. The number of halogens is 3. The van der Waals surface area contributed by atoms with Gasteiger partial charge in [-0.3, -0.25) is 19.2 Å². The van der Waals surface area contributed by atoms with E-state index in [4.69, 9.17) is 0 Å². The molecular formula is C20H22I3N3O4. The molecule has 0 spiro atoms. The number of rotatable bonds is 3. The van der Waals surface area contributed by atoms with E-state index in [0.717, 1.165) is 19.3 Å². The van der Waals surface area contributed by atoms with Gasteiger partial charge in [-0.2, -0.15) is 0 Å². The minimum Gasteiger partial charge on any atom is -0.339 e. The Hall–Kier alpha value is -0.510. The van der Waals surface area contributed by atoms with E-state index in [1.165, 1.54) is 16.7 Å². The van der Waals surface area contributed by atoms with E-state index < -0.39 is 0 Å². The zero-order valence-electron chi connectivity index (χ0n) is 16.8. The standard InChI is InChI=1S/C20H22I3N3O4/c1-11(27)24(2)18-15(21)14(20(30)25-9-4-3-5-10-25)16(22)19(17(18)23)26-12(28)7-6-8-13(26)29/h3-10H2,1-2H3. The molecule has 2 heterocycles. The van der Waals surface area contributed by atoms with Crippen LogP contribution in [0.1, 0.15) is 55.8 Å². The summed E-state index contributed by atoms with van der Waals surface area (Å²) in [7, 11) is 1.65. The summed E-state index contributed by atoms with van der Waals surface area (Å²) in [4.78, 5) is 55.7. The molecule has 7 nitrogen and oxygen atoms in total. The quantitative estimate of drug-likeness (QED) is 0.344. The molecule has 0 radical (unpaired) electrons. The van der Waals surface area contributed by atoms with Crippen LogP contribution in [-0.4, -0.2) is 48.7 Å². The first-order valence-corrected chi connectivity index (χ1v) is 13.0. The molecule has 10 heteroatoms. The Bertz CT molecular complexity index is 913. The second-order valence-electron chi connectivity index (χ2n) is 7.42. The van der Waals surface area contributed by atoms with Crippen molar-refractivity contribution in [2.75, 3.05) is 29.9 Å². The normalized spacial score (nSPS) is 17.4. The van der Waals surface area contributed by atoms with Crippen LogP contribution in [0.3, 0.4) is 0 Å². The van der Waals surface area contributed by atoms with Crippen molar-refractivity contribution in [2.45, 2.75) is 45.4 Å². The maximum atomic E-state index is 13.5. The van der Waals surface area contributed by atoms with E-state index in [1.54, 1.807) is 7.05 Å². The zero-order valence-corrected chi connectivity index (χ0v) is 23.2. The second-order valence-corrected chi connectivity index (χ2v) is 10.7. The van der Waals surface area contributed by atoms with Crippen molar-refractivity contribution in [3.8, 4) is 0 Å². The number of amides is 4. The molecule has 0 aliphatic carbocycles. The third-order valence-electron chi connectivity index (χ3n) is 5.44. The Balaban J connectivity index is 2.27. The SMILES string of the molecule is CC(=O)N(C)c1c(I)c(C(=O)N2CCCCC2)c(I)c(N2C(=O)CCCC2=O)c1I. The number of hydrogen-bond acceptors (Lipinski definition) is 4. The molecule has 2 aliphatic heterocycles. The molecule has 30 heavy (non-hydrogen) atoms. The number of carbonyl (C=O) groups is 4. The Labute approximate surface area is 216 Å².